The largest absolute Gasteiger partial charge is 0.504 e. The lowest BCUT2D eigenvalue weighted by molar-refractivity contribution is -0.136. The Hall–Kier alpha value is -2.28. The van der Waals surface area contributed by atoms with Gasteiger partial charge >= 0.3 is 5.97 Å². The van der Waals surface area contributed by atoms with Crippen molar-refractivity contribution in [3.05, 3.63) is 17.2 Å². The molecular weight excluding hydrogens is 292 g/mol. The van der Waals surface area contributed by atoms with Gasteiger partial charge in [0.15, 0.2) is 17.3 Å². The SMILES string of the molecule is COc1c(O)cc(CC(=O)O)c2c1O[C@H](C[C@H](C)O)CC2=O. The van der Waals surface area contributed by atoms with Crippen LogP contribution in [-0.2, 0) is 11.2 Å². The second-order valence-corrected chi connectivity index (χ2v) is 5.31. The first-order chi connectivity index (χ1) is 10.3. The molecule has 7 heteroatoms. The Morgan fingerprint density at radius 1 is 1.55 bits per heavy atom. The van der Waals surface area contributed by atoms with Crippen LogP contribution in [0.5, 0.6) is 17.2 Å². The van der Waals surface area contributed by atoms with Gasteiger partial charge in [0, 0.05) is 12.8 Å². The summed E-state index contributed by atoms with van der Waals surface area (Å²) in [7, 11) is 1.32. The molecule has 0 saturated carbocycles. The molecule has 1 aliphatic rings. The number of hydrogen-bond donors (Lipinski definition) is 3. The number of ketones is 1. The Bertz CT molecular complexity index is 606. The average Bonchev–Trinajstić information content (AvgIpc) is 2.36. The molecule has 0 aliphatic carbocycles. The Morgan fingerprint density at radius 3 is 2.77 bits per heavy atom. The van der Waals surface area contributed by atoms with Crippen LogP contribution in [0.3, 0.4) is 0 Å². The maximum absolute atomic E-state index is 12.4. The standard InChI is InChI=1S/C15H18O7/c1-7(16)3-9-6-10(17)13-8(5-12(19)20)4-11(18)14(21-2)15(13)22-9/h4,7,9,16,18H,3,5-6H2,1-2H3,(H,19,20)/t7-,9+/m0/s1. The van der Waals surface area contributed by atoms with E-state index in [-0.39, 0.29) is 47.0 Å². The topological polar surface area (TPSA) is 113 Å². The number of ether oxygens (including phenoxy) is 2. The number of fused-ring (bicyclic) bond motifs is 1. The average molecular weight is 310 g/mol. The normalized spacial score (nSPS) is 18.3. The number of hydrogen-bond acceptors (Lipinski definition) is 6. The van der Waals surface area contributed by atoms with E-state index in [1.165, 1.54) is 13.2 Å². The zero-order valence-corrected chi connectivity index (χ0v) is 12.3. The van der Waals surface area contributed by atoms with E-state index < -0.39 is 24.6 Å². The van der Waals surface area contributed by atoms with Gasteiger partial charge < -0.3 is 24.8 Å². The van der Waals surface area contributed by atoms with E-state index in [0.717, 1.165) is 0 Å². The number of phenols is 1. The fourth-order valence-corrected chi connectivity index (χ4v) is 2.63. The minimum Gasteiger partial charge on any atom is -0.504 e. The monoisotopic (exact) mass is 310 g/mol. The lowest BCUT2D eigenvalue weighted by Gasteiger charge is -2.29. The van der Waals surface area contributed by atoms with Crippen molar-refractivity contribution in [2.24, 2.45) is 0 Å². The number of carboxylic acids is 1. The van der Waals surface area contributed by atoms with Gasteiger partial charge in [0.25, 0.3) is 0 Å². The highest BCUT2D eigenvalue weighted by Gasteiger charge is 2.34. The van der Waals surface area contributed by atoms with Crippen LogP contribution in [0.4, 0.5) is 0 Å². The van der Waals surface area contributed by atoms with Crippen LogP contribution in [0.1, 0.15) is 35.7 Å². The fraction of sp³-hybridized carbons (Fsp3) is 0.467. The van der Waals surface area contributed by atoms with Crippen molar-refractivity contribution in [3.8, 4) is 17.2 Å². The van der Waals surface area contributed by atoms with Crippen molar-refractivity contribution in [2.45, 2.75) is 38.4 Å². The van der Waals surface area contributed by atoms with Gasteiger partial charge in [-0.25, -0.2) is 0 Å². The molecule has 0 saturated heterocycles. The molecule has 0 fully saturated rings. The van der Waals surface area contributed by atoms with Crippen molar-refractivity contribution in [1.29, 1.82) is 0 Å². The van der Waals surface area contributed by atoms with Crippen LogP contribution in [0.25, 0.3) is 0 Å². The molecule has 2 rings (SSSR count). The quantitative estimate of drug-likeness (QED) is 0.747. The van der Waals surface area contributed by atoms with E-state index in [9.17, 15) is 19.8 Å². The summed E-state index contributed by atoms with van der Waals surface area (Å²) in [4.78, 5) is 23.3. The number of methoxy groups -OCH3 is 1. The number of benzene rings is 1. The van der Waals surface area contributed by atoms with Crippen molar-refractivity contribution in [3.63, 3.8) is 0 Å². The first-order valence-electron chi connectivity index (χ1n) is 6.86. The molecule has 1 aliphatic heterocycles. The van der Waals surface area contributed by atoms with Crippen LogP contribution in [-0.4, -0.2) is 46.4 Å². The maximum atomic E-state index is 12.4. The highest BCUT2D eigenvalue weighted by atomic mass is 16.5. The van der Waals surface area contributed by atoms with E-state index in [0.29, 0.717) is 0 Å². The number of Topliss-reactive ketones (excluding diaryl/α,β-unsaturated/α-hetero) is 1. The van der Waals surface area contributed by atoms with Gasteiger partial charge in [0.2, 0.25) is 5.75 Å². The second-order valence-electron chi connectivity index (χ2n) is 5.31. The number of aliphatic hydroxyl groups excluding tert-OH is 1. The van der Waals surface area contributed by atoms with Crippen molar-refractivity contribution < 1.29 is 34.4 Å². The Kier molecular flexibility index (Phi) is 4.56. The number of aliphatic carboxylic acids is 1. The highest BCUT2D eigenvalue weighted by Crippen LogP contribution is 2.45. The van der Waals surface area contributed by atoms with Gasteiger partial charge in [-0.15, -0.1) is 0 Å². The van der Waals surface area contributed by atoms with Gasteiger partial charge in [-0.1, -0.05) is 0 Å². The minimum absolute atomic E-state index is 0.00668. The van der Waals surface area contributed by atoms with E-state index in [2.05, 4.69) is 0 Å². The molecule has 0 bridgehead atoms. The molecule has 0 spiro atoms. The van der Waals surface area contributed by atoms with Gasteiger partial charge in [-0.05, 0) is 18.6 Å². The summed E-state index contributed by atoms with van der Waals surface area (Å²) < 4.78 is 10.7. The first kappa shape index (κ1) is 16.1. The van der Waals surface area contributed by atoms with Crippen LogP contribution >= 0.6 is 0 Å². The maximum Gasteiger partial charge on any atom is 0.307 e. The molecular formula is C15H18O7. The Labute approximate surface area is 127 Å². The van der Waals surface area contributed by atoms with Crippen molar-refractivity contribution in [2.75, 3.05) is 7.11 Å². The number of aliphatic hydroxyl groups is 1. The molecule has 3 N–H and O–H groups in total. The predicted molar refractivity (Wildman–Crippen MR) is 75.7 cm³/mol. The zero-order valence-electron chi connectivity index (χ0n) is 12.3. The summed E-state index contributed by atoms with van der Waals surface area (Å²) in [5, 5.41) is 28.3. The van der Waals surface area contributed by atoms with Crippen LogP contribution in [0.2, 0.25) is 0 Å². The molecule has 0 aromatic heterocycles. The molecule has 1 aromatic rings. The molecule has 1 aromatic carbocycles. The summed E-state index contributed by atoms with van der Waals surface area (Å²) >= 11 is 0. The molecule has 22 heavy (non-hydrogen) atoms. The zero-order chi connectivity index (χ0) is 16.4. The minimum atomic E-state index is -1.12. The number of carbonyl (C=O) groups is 2. The number of phenolic OH excluding ortho intramolecular Hbond substituents is 1. The summed E-state index contributed by atoms with van der Waals surface area (Å²) in [6.45, 7) is 1.58. The molecule has 0 amide bonds. The molecule has 0 radical (unpaired) electrons. The lowest BCUT2D eigenvalue weighted by Crippen LogP contribution is -2.31. The van der Waals surface area contributed by atoms with E-state index >= 15 is 0 Å². The third kappa shape index (κ3) is 3.14. The number of aromatic hydroxyl groups is 1. The predicted octanol–water partition coefficient (Wildman–Crippen LogP) is 1.13. The van der Waals surface area contributed by atoms with Gasteiger partial charge in [0.05, 0.1) is 25.2 Å². The third-order valence-corrected chi connectivity index (χ3v) is 3.42. The second kappa shape index (κ2) is 6.23. The number of rotatable bonds is 5. The third-order valence-electron chi connectivity index (χ3n) is 3.42. The summed E-state index contributed by atoms with van der Waals surface area (Å²) in [6, 6.07) is 1.21. The smallest absolute Gasteiger partial charge is 0.307 e. The summed E-state index contributed by atoms with van der Waals surface area (Å²) in [6.07, 6.45) is -1.32. The van der Waals surface area contributed by atoms with E-state index in [4.69, 9.17) is 14.6 Å². The molecule has 120 valence electrons. The van der Waals surface area contributed by atoms with Crippen LogP contribution in [0, 0.1) is 0 Å². The summed E-state index contributed by atoms with van der Waals surface area (Å²) in [5.74, 6) is -1.66. The van der Waals surface area contributed by atoms with E-state index in [1.807, 2.05) is 0 Å². The Balaban J connectivity index is 2.52. The summed E-state index contributed by atoms with van der Waals surface area (Å²) in [5.41, 5.74) is 0.306. The molecule has 2 atom stereocenters. The highest BCUT2D eigenvalue weighted by molar-refractivity contribution is 6.03. The van der Waals surface area contributed by atoms with Crippen molar-refractivity contribution >= 4 is 11.8 Å². The first-order valence-corrected chi connectivity index (χ1v) is 6.86. The van der Waals surface area contributed by atoms with Crippen molar-refractivity contribution in [1.82, 2.24) is 0 Å². The molecule has 0 unspecified atom stereocenters. The number of carboxylic acid groups (broad SMARTS) is 1. The van der Waals surface area contributed by atoms with E-state index in [1.54, 1.807) is 6.92 Å². The van der Waals surface area contributed by atoms with Gasteiger partial charge in [-0.3, -0.25) is 9.59 Å². The fourth-order valence-electron chi connectivity index (χ4n) is 2.63. The lowest BCUT2D eigenvalue weighted by atomic mass is 9.92. The molecule has 1 heterocycles. The Morgan fingerprint density at radius 2 is 2.23 bits per heavy atom. The number of carbonyl (C=O) groups excluding carboxylic acids is 1. The van der Waals surface area contributed by atoms with Gasteiger partial charge in [0.1, 0.15) is 6.10 Å². The van der Waals surface area contributed by atoms with Crippen LogP contribution in [0.15, 0.2) is 6.07 Å². The van der Waals surface area contributed by atoms with Gasteiger partial charge in [-0.2, -0.15) is 0 Å². The molecule has 7 nitrogen and oxygen atoms in total. The van der Waals surface area contributed by atoms with Crippen LogP contribution < -0.4 is 9.47 Å².